The lowest BCUT2D eigenvalue weighted by Crippen LogP contribution is -2.15. The van der Waals surface area contributed by atoms with Crippen LogP contribution in [0.1, 0.15) is 11.1 Å². The van der Waals surface area contributed by atoms with Gasteiger partial charge in [-0.05, 0) is 29.8 Å². The summed E-state index contributed by atoms with van der Waals surface area (Å²) < 4.78 is 22.6. The zero-order chi connectivity index (χ0) is 23.3. The summed E-state index contributed by atoms with van der Waals surface area (Å²) in [6, 6.07) is 18.3. The lowest BCUT2D eigenvalue weighted by Gasteiger charge is -2.13. The van der Waals surface area contributed by atoms with Gasteiger partial charge in [-0.2, -0.15) is 10.5 Å². The van der Waals surface area contributed by atoms with Gasteiger partial charge in [-0.3, -0.25) is 4.79 Å². The van der Waals surface area contributed by atoms with Gasteiger partial charge in [-0.1, -0.05) is 42.1 Å². The van der Waals surface area contributed by atoms with Crippen LogP contribution >= 0.6 is 11.8 Å². The fraction of sp³-hybridized carbons (Fsp3) is 0.0476. The third-order valence-electron chi connectivity index (χ3n) is 4.28. The van der Waals surface area contributed by atoms with Crippen molar-refractivity contribution >= 4 is 39.2 Å². The van der Waals surface area contributed by atoms with E-state index < -0.39 is 15.9 Å². The van der Waals surface area contributed by atoms with E-state index in [9.17, 15) is 23.7 Å². The van der Waals surface area contributed by atoms with Crippen LogP contribution in [0.15, 0.2) is 64.5 Å². The van der Waals surface area contributed by atoms with E-state index in [2.05, 4.69) is 16.4 Å². The zero-order valence-electron chi connectivity index (χ0n) is 16.4. The second kappa shape index (κ2) is 9.49. The lowest BCUT2D eigenvalue weighted by molar-refractivity contribution is -0.113. The Labute approximate surface area is 188 Å². The molecule has 0 aliphatic heterocycles. The number of nitrogens with one attached hydrogen (secondary N) is 1. The number of thioether (sulfide) groups is 1. The molecule has 9 nitrogen and oxygen atoms in total. The molecule has 1 amide bonds. The summed E-state index contributed by atoms with van der Waals surface area (Å²) in [6.45, 7) is 0. The van der Waals surface area contributed by atoms with Gasteiger partial charge in [0.15, 0.2) is 0 Å². The van der Waals surface area contributed by atoms with Gasteiger partial charge in [-0.25, -0.2) is 18.5 Å². The molecule has 0 radical (unpaired) electrons. The first-order valence-corrected chi connectivity index (χ1v) is 11.5. The topological polar surface area (TPSA) is 176 Å². The molecular formula is C21H16N6O3S2. The predicted molar refractivity (Wildman–Crippen MR) is 121 cm³/mol. The van der Waals surface area contributed by atoms with E-state index in [0.717, 1.165) is 11.8 Å². The van der Waals surface area contributed by atoms with E-state index in [1.165, 1.54) is 24.3 Å². The van der Waals surface area contributed by atoms with Crippen LogP contribution in [0.2, 0.25) is 0 Å². The van der Waals surface area contributed by atoms with E-state index in [0.29, 0.717) is 16.8 Å². The third-order valence-corrected chi connectivity index (χ3v) is 6.19. The first-order valence-electron chi connectivity index (χ1n) is 8.99. The molecule has 1 aromatic heterocycles. The summed E-state index contributed by atoms with van der Waals surface area (Å²) in [7, 11) is -3.83. The minimum absolute atomic E-state index is 0.0353. The molecule has 1 heterocycles. The molecule has 0 aliphatic rings. The van der Waals surface area contributed by atoms with E-state index in [4.69, 9.17) is 10.9 Å². The van der Waals surface area contributed by atoms with Crippen molar-refractivity contribution in [2.45, 2.75) is 9.92 Å². The zero-order valence-corrected chi connectivity index (χ0v) is 18.1. The van der Waals surface area contributed by atoms with Crippen molar-refractivity contribution in [2.24, 2.45) is 5.14 Å². The highest BCUT2D eigenvalue weighted by Crippen LogP contribution is 2.35. The van der Waals surface area contributed by atoms with Crippen molar-refractivity contribution in [3.05, 3.63) is 65.7 Å². The number of pyridine rings is 1. The SMILES string of the molecule is N#Cc1c(N)nc(SCC(=O)Nc2ccc(S(N)(=O)=O)cc2)c(C#N)c1-c1ccccc1. The number of aromatic nitrogens is 1. The molecule has 0 atom stereocenters. The third kappa shape index (κ3) is 5.04. The molecule has 2 aromatic carbocycles. The summed E-state index contributed by atoms with van der Waals surface area (Å²) in [5.41, 5.74) is 7.58. The maximum atomic E-state index is 12.4. The van der Waals surface area contributed by atoms with Gasteiger partial charge in [0.05, 0.1) is 16.2 Å². The number of carbonyl (C=O) groups excluding carboxylic acids is 1. The number of carbonyl (C=O) groups is 1. The Hall–Kier alpha value is -3.90. The number of nitrogen functional groups attached to an aromatic ring is 1. The van der Waals surface area contributed by atoms with Crippen LogP contribution in [0.4, 0.5) is 11.5 Å². The maximum absolute atomic E-state index is 12.4. The second-order valence-corrected chi connectivity index (χ2v) is 8.95. The summed E-state index contributed by atoms with van der Waals surface area (Å²) >= 11 is 0.998. The Kier molecular flexibility index (Phi) is 6.76. The summed E-state index contributed by atoms with van der Waals surface area (Å²) in [5.74, 6) is -0.543. The molecule has 0 spiro atoms. The largest absolute Gasteiger partial charge is 0.383 e. The summed E-state index contributed by atoms with van der Waals surface area (Å²) in [4.78, 5) is 16.4. The van der Waals surface area contributed by atoms with Crippen LogP contribution in [0.25, 0.3) is 11.1 Å². The molecule has 160 valence electrons. The Morgan fingerprint density at radius 2 is 1.66 bits per heavy atom. The van der Waals surface area contributed by atoms with Crippen molar-refractivity contribution < 1.29 is 13.2 Å². The monoisotopic (exact) mass is 464 g/mol. The average molecular weight is 465 g/mol. The Morgan fingerprint density at radius 3 is 2.22 bits per heavy atom. The number of nitriles is 2. The van der Waals surface area contributed by atoms with Gasteiger partial charge in [-0.15, -0.1) is 0 Å². The molecule has 3 aromatic rings. The molecule has 3 rings (SSSR count). The minimum atomic E-state index is -3.83. The van der Waals surface area contributed by atoms with Crippen molar-refractivity contribution in [2.75, 3.05) is 16.8 Å². The summed E-state index contributed by atoms with van der Waals surface area (Å²) in [6.07, 6.45) is 0. The van der Waals surface area contributed by atoms with Crippen molar-refractivity contribution in [3.8, 4) is 23.3 Å². The normalized spacial score (nSPS) is 10.7. The van der Waals surface area contributed by atoms with Crippen molar-refractivity contribution in [1.82, 2.24) is 4.98 Å². The van der Waals surface area contributed by atoms with Crippen LogP contribution < -0.4 is 16.2 Å². The molecule has 0 aliphatic carbocycles. The Morgan fingerprint density at radius 1 is 1.03 bits per heavy atom. The summed E-state index contributed by atoms with van der Waals surface area (Å²) in [5, 5.41) is 27.2. The molecule has 0 saturated carbocycles. The number of hydrogen-bond acceptors (Lipinski definition) is 8. The number of nitrogens with two attached hydrogens (primary N) is 2. The minimum Gasteiger partial charge on any atom is -0.383 e. The number of hydrogen-bond donors (Lipinski definition) is 3. The smallest absolute Gasteiger partial charge is 0.238 e. The highest BCUT2D eigenvalue weighted by atomic mass is 32.2. The van der Waals surface area contributed by atoms with E-state index in [-0.39, 0.29) is 32.6 Å². The second-order valence-electron chi connectivity index (χ2n) is 6.42. The van der Waals surface area contributed by atoms with Gasteiger partial charge < -0.3 is 11.1 Å². The Balaban J connectivity index is 1.84. The lowest BCUT2D eigenvalue weighted by atomic mass is 9.97. The molecule has 32 heavy (non-hydrogen) atoms. The average Bonchev–Trinajstić information content (AvgIpc) is 2.77. The van der Waals surface area contributed by atoms with Gasteiger partial charge in [0.25, 0.3) is 0 Å². The molecule has 5 N–H and O–H groups in total. The fourth-order valence-corrected chi connectivity index (χ4v) is 4.17. The Bertz CT molecular complexity index is 1360. The van der Waals surface area contributed by atoms with Crippen LogP contribution in [0, 0.1) is 22.7 Å². The highest BCUT2D eigenvalue weighted by Gasteiger charge is 2.21. The molecule has 0 bridgehead atoms. The molecule has 0 fully saturated rings. The molecule has 0 unspecified atom stereocenters. The highest BCUT2D eigenvalue weighted by molar-refractivity contribution is 8.00. The van der Waals surface area contributed by atoms with E-state index >= 15 is 0 Å². The predicted octanol–water partition coefficient (Wildman–Crippen LogP) is 2.45. The number of benzene rings is 2. The van der Waals surface area contributed by atoms with Crippen LogP contribution in [0.3, 0.4) is 0 Å². The quantitative estimate of drug-likeness (QED) is 0.466. The van der Waals surface area contributed by atoms with Crippen molar-refractivity contribution in [3.63, 3.8) is 0 Å². The maximum Gasteiger partial charge on any atom is 0.238 e. The van der Waals surface area contributed by atoms with Crippen molar-refractivity contribution in [1.29, 1.82) is 10.5 Å². The first kappa shape index (κ1) is 22.8. The number of sulfonamides is 1. The number of nitrogens with zero attached hydrogens (tertiary/aromatic N) is 3. The molecule has 11 heteroatoms. The molecular weight excluding hydrogens is 448 g/mol. The number of rotatable bonds is 6. The van der Waals surface area contributed by atoms with Gasteiger partial charge in [0.1, 0.15) is 28.5 Å². The van der Waals surface area contributed by atoms with Gasteiger partial charge >= 0.3 is 0 Å². The number of amides is 1. The van der Waals surface area contributed by atoms with Gasteiger partial charge in [0.2, 0.25) is 15.9 Å². The molecule has 0 saturated heterocycles. The van der Waals surface area contributed by atoms with Crippen LogP contribution in [-0.4, -0.2) is 25.1 Å². The number of primary sulfonamides is 1. The van der Waals surface area contributed by atoms with Crippen LogP contribution in [0.5, 0.6) is 0 Å². The standard InChI is InChI=1S/C21H16N6O3S2/c22-10-16-19(13-4-2-1-3-5-13)17(11-23)21(27-20(16)24)31-12-18(28)26-14-6-8-15(9-7-14)32(25,29)30/h1-9H,12H2,(H2,24,27)(H,26,28)(H2,25,29,30). The fourth-order valence-electron chi connectivity index (χ4n) is 2.85. The van der Waals surface area contributed by atoms with E-state index in [1.807, 2.05) is 12.1 Å². The number of anilines is 2. The van der Waals surface area contributed by atoms with E-state index in [1.54, 1.807) is 24.3 Å². The van der Waals surface area contributed by atoms with Crippen LogP contribution in [-0.2, 0) is 14.8 Å². The first-order chi connectivity index (χ1) is 15.2. The van der Waals surface area contributed by atoms with Gasteiger partial charge in [0, 0.05) is 11.3 Å².